The van der Waals surface area contributed by atoms with Gasteiger partial charge < -0.3 is 19.9 Å². The zero-order chi connectivity index (χ0) is 23.3. The summed E-state index contributed by atoms with van der Waals surface area (Å²) in [7, 11) is 0. The molecule has 1 spiro atoms. The van der Waals surface area contributed by atoms with Crippen molar-refractivity contribution in [3.05, 3.63) is 0 Å². The number of carbonyl (C=O) groups is 2. The Morgan fingerprint density at radius 3 is 2.21 bits per heavy atom. The van der Waals surface area contributed by atoms with Gasteiger partial charge in [-0.05, 0) is 119 Å². The van der Waals surface area contributed by atoms with Gasteiger partial charge in [-0.25, -0.2) is 0 Å². The van der Waals surface area contributed by atoms with E-state index in [0.717, 1.165) is 82.6 Å². The summed E-state index contributed by atoms with van der Waals surface area (Å²) in [5.74, 6) is 2.77. The molecule has 0 radical (unpaired) electrons. The number of esters is 2. The average molecular weight is 474 g/mol. The van der Waals surface area contributed by atoms with E-state index in [0.29, 0.717) is 23.2 Å². The Hall–Kier alpha value is -1.14. The molecule has 0 aromatic heterocycles. The van der Waals surface area contributed by atoms with Crippen LogP contribution < -0.4 is 5.32 Å². The highest BCUT2D eigenvalue weighted by atomic mass is 16.6. The van der Waals surface area contributed by atoms with Crippen molar-refractivity contribution in [1.82, 2.24) is 5.32 Å². The molecule has 0 bridgehead atoms. The lowest BCUT2D eigenvalue weighted by molar-refractivity contribution is -0.160. The highest BCUT2D eigenvalue weighted by Gasteiger charge is 2.78. The zero-order valence-electron chi connectivity index (χ0n) is 20.6. The molecule has 8 atom stereocenters. The average Bonchev–Trinajstić information content (AvgIpc) is 3.36. The van der Waals surface area contributed by atoms with Crippen molar-refractivity contribution in [1.29, 1.82) is 0 Å². The Bertz CT molecular complexity index is 775. The summed E-state index contributed by atoms with van der Waals surface area (Å²) in [5, 5.41) is 13.8. The fourth-order valence-corrected chi connectivity index (χ4v) is 8.95. The van der Waals surface area contributed by atoms with Crippen molar-refractivity contribution in [2.75, 3.05) is 6.54 Å². The van der Waals surface area contributed by atoms with Crippen LogP contribution in [0.3, 0.4) is 0 Å². The Balaban J connectivity index is 1.04. The minimum Gasteiger partial charge on any atom is -0.462 e. The molecular weight excluding hydrogens is 430 g/mol. The van der Waals surface area contributed by atoms with Crippen LogP contribution in [-0.4, -0.2) is 47.9 Å². The lowest BCUT2D eigenvalue weighted by atomic mass is 9.64. The molecule has 34 heavy (non-hydrogen) atoms. The first kappa shape index (κ1) is 23.3. The van der Waals surface area contributed by atoms with E-state index in [1.54, 1.807) is 0 Å². The Morgan fingerprint density at radius 1 is 0.882 bits per heavy atom. The predicted molar refractivity (Wildman–Crippen MR) is 127 cm³/mol. The molecule has 190 valence electrons. The van der Waals surface area contributed by atoms with Crippen molar-refractivity contribution in [3.8, 4) is 0 Å². The molecule has 6 aliphatic carbocycles. The van der Waals surface area contributed by atoms with Crippen LogP contribution in [0.4, 0.5) is 0 Å². The van der Waals surface area contributed by atoms with Crippen LogP contribution in [0.5, 0.6) is 0 Å². The second kappa shape index (κ2) is 9.38. The number of aliphatic hydroxyl groups excluding tert-OH is 1. The molecule has 0 heterocycles. The maximum absolute atomic E-state index is 13.1. The van der Waals surface area contributed by atoms with Gasteiger partial charge in [-0.15, -0.1) is 0 Å². The lowest BCUT2D eigenvalue weighted by Crippen LogP contribution is -2.45. The minimum atomic E-state index is -0.618. The molecule has 6 fully saturated rings. The fraction of sp³-hybridized carbons (Fsp3) is 0.929. The van der Waals surface area contributed by atoms with Crippen molar-refractivity contribution in [3.63, 3.8) is 0 Å². The third-order valence-electron chi connectivity index (χ3n) is 10.6. The Kier molecular flexibility index (Phi) is 6.42. The number of carbonyl (C=O) groups excluding carboxylic acids is 2. The quantitative estimate of drug-likeness (QED) is 0.516. The SMILES string of the molecule is O=C(CC(NCC1CC2C(C1)C1C(O)CC13CC23)C(=O)OC1CCCCC1)OC1CCCCC1. The lowest BCUT2D eigenvalue weighted by Gasteiger charge is -2.43. The first-order valence-corrected chi connectivity index (χ1v) is 14.3. The highest BCUT2D eigenvalue weighted by molar-refractivity contribution is 5.83. The molecule has 0 aromatic carbocycles. The number of nitrogens with one attached hydrogen (secondary N) is 1. The monoisotopic (exact) mass is 473 g/mol. The molecule has 6 aliphatic rings. The largest absolute Gasteiger partial charge is 0.462 e. The van der Waals surface area contributed by atoms with Crippen molar-refractivity contribution >= 4 is 11.9 Å². The Labute approximate surface area is 203 Å². The van der Waals surface area contributed by atoms with Gasteiger partial charge in [0.25, 0.3) is 0 Å². The summed E-state index contributed by atoms with van der Waals surface area (Å²) >= 11 is 0. The number of ether oxygens (including phenoxy) is 2. The molecule has 6 rings (SSSR count). The summed E-state index contributed by atoms with van der Waals surface area (Å²) < 4.78 is 11.6. The van der Waals surface area contributed by atoms with Crippen molar-refractivity contribution in [2.24, 2.45) is 35.0 Å². The minimum absolute atomic E-state index is 0.00570. The molecule has 6 nitrogen and oxygen atoms in total. The molecule has 0 aliphatic heterocycles. The molecule has 8 unspecified atom stereocenters. The highest BCUT2D eigenvalue weighted by Crippen LogP contribution is 2.82. The zero-order valence-corrected chi connectivity index (χ0v) is 20.6. The van der Waals surface area contributed by atoms with Crippen LogP contribution in [0.15, 0.2) is 0 Å². The van der Waals surface area contributed by atoms with Gasteiger partial charge in [0.2, 0.25) is 0 Å². The van der Waals surface area contributed by atoms with Gasteiger partial charge in [0.1, 0.15) is 18.2 Å². The third-order valence-corrected chi connectivity index (χ3v) is 10.6. The first-order valence-electron chi connectivity index (χ1n) is 14.3. The summed E-state index contributed by atoms with van der Waals surface area (Å²) in [4.78, 5) is 25.9. The normalized spacial score (nSPS) is 42.1. The second-order valence-electron chi connectivity index (χ2n) is 12.6. The standard InChI is InChI=1S/C28H43NO5/c30-24-15-28-14-22(28)20-11-17(12-21(20)26(24)28)16-29-23(27(32)34-19-9-5-2-6-10-19)13-25(31)33-18-7-3-1-4-8-18/h17-24,26,29-30H,1-16H2. The van der Waals surface area contributed by atoms with Gasteiger partial charge in [-0.1, -0.05) is 12.8 Å². The maximum atomic E-state index is 13.1. The van der Waals surface area contributed by atoms with Crippen LogP contribution in [-0.2, 0) is 19.1 Å². The number of aliphatic hydroxyl groups is 1. The topological polar surface area (TPSA) is 84.9 Å². The van der Waals surface area contributed by atoms with Crippen LogP contribution in [0, 0.1) is 35.0 Å². The van der Waals surface area contributed by atoms with Gasteiger partial charge in [0.05, 0.1) is 12.5 Å². The van der Waals surface area contributed by atoms with Gasteiger partial charge in [-0.3, -0.25) is 9.59 Å². The second-order valence-corrected chi connectivity index (χ2v) is 12.6. The van der Waals surface area contributed by atoms with E-state index in [1.807, 2.05) is 0 Å². The molecule has 0 saturated heterocycles. The van der Waals surface area contributed by atoms with Crippen LogP contribution in [0.25, 0.3) is 0 Å². The summed E-state index contributed by atoms with van der Waals surface area (Å²) in [6.07, 6.45) is 15.3. The van der Waals surface area contributed by atoms with Gasteiger partial charge >= 0.3 is 11.9 Å². The first-order chi connectivity index (χ1) is 16.5. The van der Waals surface area contributed by atoms with E-state index in [1.165, 1.54) is 25.7 Å². The predicted octanol–water partition coefficient (Wildman–Crippen LogP) is 4.13. The van der Waals surface area contributed by atoms with Crippen LogP contribution in [0.1, 0.15) is 96.3 Å². The van der Waals surface area contributed by atoms with E-state index in [2.05, 4.69) is 5.32 Å². The van der Waals surface area contributed by atoms with Crippen LogP contribution >= 0.6 is 0 Å². The third kappa shape index (κ3) is 4.31. The number of hydrogen-bond acceptors (Lipinski definition) is 6. The van der Waals surface area contributed by atoms with Gasteiger partial charge in [0, 0.05) is 0 Å². The molecule has 6 saturated carbocycles. The smallest absolute Gasteiger partial charge is 0.324 e. The molecular formula is C28H43NO5. The van der Waals surface area contributed by atoms with E-state index >= 15 is 0 Å². The van der Waals surface area contributed by atoms with Gasteiger partial charge in [-0.2, -0.15) is 0 Å². The number of hydrogen-bond donors (Lipinski definition) is 2. The maximum Gasteiger partial charge on any atom is 0.324 e. The van der Waals surface area contributed by atoms with E-state index < -0.39 is 6.04 Å². The number of fused-ring (bicyclic) bond motifs is 3. The van der Waals surface area contributed by atoms with Gasteiger partial charge in [0.15, 0.2) is 0 Å². The molecule has 6 heteroatoms. The molecule has 0 amide bonds. The van der Waals surface area contributed by atoms with E-state index in [4.69, 9.17) is 9.47 Å². The Morgan fingerprint density at radius 2 is 1.53 bits per heavy atom. The fourth-order valence-electron chi connectivity index (χ4n) is 8.95. The summed E-state index contributed by atoms with van der Waals surface area (Å²) in [5.41, 5.74) is 0.516. The molecule has 2 N–H and O–H groups in total. The number of rotatable bonds is 8. The van der Waals surface area contributed by atoms with Crippen molar-refractivity contribution in [2.45, 2.75) is 121 Å². The summed E-state index contributed by atoms with van der Waals surface area (Å²) in [6.45, 7) is 0.747. The van der Waals surface area contributed by atoms with E-state index in [9.17, 15) is 14.7 Å². The van der Waals surface area contributed by atoms with Crippen LogP contribution in [0.2, 0.25) is 0 Å². The molecule has 0 aromatic rings. The van der Waals surface area contributed by atoms with Crippen molar-refractivity contribution < 1.29 is 24.2 Å². The van der Waals surface area contributed by atoms with E-state index in [-0.39, 0.29) is 36.7 Å². The summed E-state index contributed by atoms with van der Waals surface area (Å²) in [6, 6.07) is -0.618.